The number of fused-ring (bicyclic) bond motifs is 2. The van der Waals surface area contributed by atoms with E-state index in [1.807, 2.05) is 0 Å². The monoisotopic (exact) mass is 280 g/mol. The summed E-state index contributed by atoms with van der Waals surface area (Å²) in [6.07, 6.45) is -4.43. The minimum atomic E-state index is -4.43. The Balaban J connectivity index is 2.43. The van der Waals surface area contributed by atoms with Gasteiger partial charge in [-0.25, -0.2) is 0 Å². The molecule has 2 aromatic carbocycles. The van der Waals surface area contributed by atoms with Crippen molar-refractivity contribution in [1.82, 2.24) is 0 Å². The number of hydrogen-bond donors (Lipinski definition) is 0. The van der Waals surface area contributed by atoms with E-state index in [-0.39, 0.29) is 10.8 Å². The van der Waals surface area contributed by atoms with Crippen molar-refractivity contribution < 1.29 is 13.2 Å². The van der Waals surface area contributed by atoms with E-state index < -0.39 is 11.7 Å². The average Bonchev–Trinajstić information content (AvgIpc) is 2.37. The van der Waals surface area contributed by atoms with Crippen molar-refractivity contribution in [1.29, 1.82) is 0 Å². The normalized spacial score (nSPS) is 12.2. The lowest BCUT2D eigenvalue weighted by molar-refractivity contribution is -0.137. The van der Waals surface area contributed by atoms with E-state index in [2.05, 4.69) is 0 Å². The molecule has 0 bridgehead atoms. The molecule has 1 aromatic heterocycles. The first kappa shape index (κ1) is 12.2. The summed E-state index contributed by atoms with van der Waals surface area (Å²) < 4.78 is 39.3. The molecule has 0 unspecified atom stereocenters. The predicted octanol–water partition coefficient (Wildman–Crippen LogP) is 4.43. The topological polar surface area (TPSA) is 17.1 Å². The minimum Gasteiger partial charge on any atom is -0.289 e. The van der Waals surface area contributed by atoms with Gasteiger partial charge in [-0.3, -0.25) is 4.79 Å². The van der Waals surface area contributed by atoms with Crippen LogP contribution in [0.25, 0.3) is 20.2 Å². The maximum atomic E-state index is 12.7. The van der Waals surface area contributed by atoms with Crippen molar-refractivity contribution in [2.45, 2.75) is 6.18 Å². The predicted molar refractivity (Wildman–Crippen MR) is 70.6 cm³/mol. The molecule has 0 atom stereocenters. The van der Waals surface area contributed by atoms with Gasteiger partial charge in [0.1, 0.15) is 0 Å². The molecule has 0 aliphatic heterocycles. The first-order chi connectivity index (χ1) is 8.97. The Kier molecular flexibility index (Phi) is 2.60. The molecule has 1 nitrogen and oxygen atoms in total. The molecule has 0 saturated heterocycles. The Morgan fingerprint density at radius 1 is 0.895 bits per heavy atom. The smallest absolute Gasteiger partial charge is 0.289 e. The third-order valence-corrected chi connectivity index (χ3v) is 4.05. The molecule has 19 heavy (non-hydrogen) atoms. The van der Waals surface area contributed by atoms with Gasteiger partial charge in [-0.05, 0) is 30.3 Å². The van der Waals surface area contributed by atoms with Crippen LogP contribution in [0.2, 0.25) is 0 Å². The summed E-state index contributed by atoms with van der Waals surface area (Å²) in [4.78, 5) is 12.2. The first-order valence-corrected chi connectivity index (χ1v) is 6.31. The van der Waals surface area contributed by atoms with Gasteiger partial charge in [0.2, 0.25) is 0 Å². The van der Waals surface area contributed by atoms with Crippen LogP contribution >= 0.6 is 11.3 Å². The third-order valence-electron chi connectivity index (χ3n) is 2.90. The third kappa shape index (κ3) is 2.00. The SMILES string of the molecule is O=c1c2ccccc2sc2ccc(C(F)(F)F)cc12. The molecule has 3 rings (SSSR count). The number of hydrogen-bond acceptors (Lipinski definition) is 2. The summed E-state index contributed by atoms with van der Waals surface area (Å²) >= 11 is 1.32. The lowest BCUT2D eigenvalue weighted by Gasteiger charge is -2.07. The number of rotatable bonds is 0. The van der Waals surface area contributed by atoms with Crippen molar-refractivity contribution in [3.8, 4) is 0 Å². The van der Waals surface area contributed by atoms with Gasteiger partial charge in [0.15, 0.2) is 5.43 Å². The van der Waals surface area contributed by atoms with Crippen molar-refractivity contribution in [3.63, 3.8) is 0 Å². The van der Waals surface area contributed by atoms with E-state index in [9.17, 15) is 18.0 Å². The van der Waals surface area contributed by atoms with Crippen molar-refractivity contribution in [3.05, 3.63) is 58.3 Å². The van der Waals surface area contributed by atoms with Crippen molar-refractivity contribution in [2.75, 3.05) is 0 Å². The fourth-order valence-corrected chi connectivity index (χ4v) is 3.03. The molecule has 0 spiro atoms. The number of benzene rings is 2. The summed E-state index contributed by atoms with van der Waals surface area (Å²) in [5.41, 5.74) is -1.14. The molecule has 0 aliphatic rings. The van der Waals surface area contributed by atoms with Gasteiger partial charge in [-0.15, -0.1) is 11.3 Å². The maximum absolute atomic E-state index is 12.7. The van der Waals surface area contributed by atoms with Gasteiger partial charge in [-0.2, -0.15) is 13.2 Å². The van der Waals surface area contributed by atoms with Crippen molar-refractivity contribution >= 4 is 31.5 Å². The molecular formula is C14H7F3OS. The Labute approximate surface area is 109 Å². The summed E-state index contributed by atoms with van der Waals surface area (Å²) in [7, 11) is 0. The van der Waals surface area contributed by atoms with Gasteiger partial charge in [0.05, 0.1) is 5.56 Å². The van der Waals surface area contributed by atoms with Crippen LogP contribution < -0.4 is 5.43 Å². The Hall–Kier alpha value is -1.88. The second kappa shape index (κ2) is 4.06. The molecular weight excluding hydrogens is 273 g/mol. The maximum Gasteiger partial charge on any atom is 0.416 e. The van der Waals surface area contributed by atoms with Crippen LogP contribution in [0.1, 0.15) is 5.56 Å². The molecule has 0 amide bonds. The van der Waals surface area contributed by atoms with E-state index in [0.29, 0.717) is 10.1 Å². The second-order valence-electron chi connectivity index (χ2n) is 4.14. The van der Waals surface area contributed by atoms with Gasteiger partial charge >= 0.3 is 6.18 Å². The zero-order valence-electron chi connectivity index (χ0n) is 9.49. The molecule has 96 valence electrons. The lowest BCUT2D eigenvalue weighted by atomic mass is 10.1. The molecule has 0 fully saturated rings. The zero-order valence-corrected chi connectivity index (χ0v) is 10.3. The molecule has 0 N–H and O–H groups in total. The molecule has 0 saturated carbocycles. The van der Waals surface area contributed by atoms with Crippen molar-refractivity contribution in [2.24, 2.45) is 0 Å². The highest BCUT2D eigenvalue weighted by molar-refractivity contribution is 7.24. The van der Waals surface area contributed by atoms with Crippen LogP contribution in [0.15, 0.2) is 47.3 Å². The van der Waals surface area contributed by atoms with Gasteiger partial charge in [0, 0.05) is 20.2 Å². The summed E-state index contributed by atoms with van der Waals surface area (Å²) in [5.74, 6) is 0. The Bertz CT molecular complexity index is 833. The Morgan fingerprint density at radius 2 is 1.58 bits per heavy atom. The van der Waals surface area contributed by atoms with Crippen LogP contribution in [-0.4, -0.2) is 0 Å². The zero-order chi connectivity index (χ0) is 13.6. The lowest BCUT2D eigenvalue weighted by Crippen LogP contribution is -2.07. The van der Waals surface area contributed by atoms with E-state index in [1.165, 1.54) is 17.4 Å². The van der Waals surface area contributed by atoms with E-state index >= 15 is 0 Å². The second-order valence-corrected chi connectivity index (χ2v) is 5.22. The fourth-order valence-electron chi connectivity index (χ4n) is 1.98. The summed E-state index contributed by atoms with van der Waals surface area (Å²) in [6.45, 7) is 0. The number of alkyl halides is 3. The van der Waals surface area contributed by atoms with Crippen LogP contribution in [-0.2, 0) is 6.18 Å². The van der Waals surface area contributed by atoms with Crippen LogP contribution in [0.3, 0.4) is 0 Å². The standard InChI is InChI=1S/C14H7F3OS/c15-14(16,17)8-5-6-12-10(7-8)13(18)9-3-1-2-4-11(9)19-12/h1-7H. The minimum absolute atomic E-state index is 0.124. The molecule has 3 aromatic rings. The number of halogens is 3. The Morgan fingerprint density at radius 3 is 2.32 bits per heavy atom. The fraction of sp³-hybridized carbons (Fsp3) is 0.0714. The quantitative estimate of drug-likeness (QED) is 0.557. The first-order valence-electron chi connectivity index (χ1n) is 5.49. The highest BCUT2D eigenvalue weighted by Crippen LogP contribution is 2.32. The summed E-state index contributed by atoms with van der Waals surface area (Å²) in [5, 5.41) is 0.581. The van der Waals surface area contributed by atoms with Gasteiger partial charge in [-0.1, -0.05) is 12.1 Å². The largest absolute Gasteiger partial charge is 0.416 e. The molecule has 0 aliphatic carbocycles. The van der Waals surface area contributed by atoms with Crippen LogP contribution in [0, 0.1) is 0 Å². The van der Waals surface area contributed by atoms with Gasteiger partial charge in [0.25, 0.3) is 0 Å². The van der Waals surface area contributed by atoms with Gasteiger partial charge < -0.3 is 0 Å². The van der Waals surface area contributed by atoms with E-state index in [4.69, 9.17) is 0 Å². The van der Waals surface area contributed by atoms with Crippen LogP contribution in [0.4, 0.5) is 13.2 Å². The van der Waals surface area contributed by atoms with Crippen LogP contribution in [0.5, 0.6) is 0 Å². The van der Waals surface area contributed by atoms with E-state index in [0.717, 1.165) is 16.8 Å². The highest BCUT2D eigenvalue weighted by atomic mass is 32.1. The summed E-state index contributed by atoms with van der Waals surface area (Å²) in [6, 6.07) is 10.2. The average molecular weight is 280 g/mol. The van der Waals surface area contributed by atoms with E-state index in [1.54, 1.807) is 24.3 Å². The molecule has 0 radical (unpaired) electrons. The molecule has 5 heteroatoms. The molecule has 1 heterocycles. The highest BCUT2D eigenvalue weighted by Gasteiger charge is 2.30.